The van der Waals surface area contributed by atoms with Crippen LogP contribution in [0.5, 0.6) is 11.5 Å². The lowest BCUT2D eigenvalue weighted by Crippen LogP contribution is -2.22. The molecule has 0 aliphatic rings. The average Bonchev–Trinajstić information content (AvgIpc) is 2.69. The standard InChI is InChI=1S/C20H11ClF5N3O3/c21-17-13(32-9-4-7-14(28-8-9)20(24,25)26)6-5-12(29-19(27)31)16(17)18(30)15-10(22)2-1-3-11(15)23/h1-8H,(H3,27,29,31). The molecule has 6 nitrogen and oxygen atoms in total. The Kier molecular flexibility index (Phi) is 6.30. The number of carbonyl (C=O) groups is 2. The molecule has 3 N–H and O–H groups in total. The number of urea groups is 1. The van der Waals surface area contributed by atoms with Crippen molar-refractivity contribution in [2.45, 2.75) is 6.18 Å². The number of anilines is 1. The molecule has 1 aromatic heterocycles. The lowest BCUT2D eigenvalue weighted by atomic mass is 10.00. The molecule has 12 heteroatoms. The fraction of sp³-hybridized carbons (Fsp3) is 0.0500. The zero-order valence-corrected chi connectivity index (χ0v) is 16.4. The first kappa shape index (κ1) is 22.9. The molecule has 0 fully saturated rings. The molecule has 3 aromatic rings. The minimum Gasteiger partial charge on any atom is -0.454 e. The second-order valence-corrected chi connectivity index (χ2v) is 6.57. The van der Waals surface area contributed by atoms with Crippen molar-refractivity contribution in [2.75, 3.05) is 5.32 Å². The molecule has 0 aliphatic heterocycles. The number of nitrogens with one attached hydrogen (secondary N) is 1. The normalized spacial score (nSPS) is 11.2. The highest BCUT2D eigenvalue weighted by atomic mass is 35.5. The van der Waals surface area contributed by atoms with Crippen molar-refractivity contribution in [1.82, 2.24) is 4.98 Å². The number of ketones is 1. The van der Waals surface area contributed by atoms with E-state index in [1.807, 2.05) is 0 Å². The van der Waals surface area contributed by atoms with Crippen LogP contribution in [0.1, 0.15) is 21.6 Å². The van der Waals surface area contributed by atoms with Crippen LogP contribution in [-0.2, 0) is 6.18 Å². The topological polar surface area (TPSA) is 94.3 Å². The Labute approximate surface area is 181 Å². The first-order valence-electron chi connectivity index (χ1n) is 8.57. The van der Waals surface area contributed by atoms with E-state index in [0.717, 1.165) is 36.5 Å². The molecule has 0 unspecified atom stereocenters. The highest BCUT2D eigenvalue weighted by Gasteiger charge is 2.32. The number of amides is 2. The van der Waals surface area contributed by atoms with E-state index in [2.05, 4.69) is 10.3 Å². The van der Waals surface area contributed by atoms with Gasteiger partial charge in [-0.3, -0.25) is 4.79 Å². The van der Waals surface area contributed by atoms with Gasteiger partial charge in [-0.1, -0.05) is 17.7 Å². The van der Waals surface area contributed by atoms with Crippen LogP contribution in [0.4, 0.5) is 32.4 Å². The van der Waals surface area contributed by atoms with Gasteiger partial charge < -0.3 is 15.8 Å². The zero-order chi connectivity index (χ0) is 23.6. The van der Waals surface area contributed by atoms with Gasteiger partial charge >= 0.3 is 12.2 Å². The molecule has 3 rings (SSSR count). The molecular formula is C20H11ClF5N3O3. The summed E-state index contributed by atoms with van der Waals surface area (Å²) in [5.74, 6) is -4.04. The van der Waals surface area contributed by atoms with Crippen molar-refractivity contribution in [1.29, 1.82) is 0 Å². The number of rotatable bonds is 5. The van der Waals surface area contributed by atoms with Gasteiger partial charge in [-0.25, -0.2) is 18.6 Å². The number of pyridine rings is 1. The Bertz CT molecular complexity index is 1180. The van der Waals surface area contributed by atoms with Gasteiger partial charge in [-0.15, -0.1) is 0 Å². The summed E-state index contributed by atoms with van der Waals surface area (Å²) in [6.07, 6.45) is -3.89. The fourth-order valence-electron chi connectivity index (χ4n) is 2.67. The first-order chi connectivity index (χ1) is 15.0. The van der Waals surface area contributed by atoms with Gasteiger partial charge in [-0.2, -0.15) is 13.2 Å². The van der Waals surface area contributed by atoms with Crippen LogP contribution in [0.3, 0.4) is 0 Å². The maximum atomic E-state index is 14.1. The quantitative estimate of drug-likeness (QED) is 0.377. The fourth-order valence-corrected chi connectivity index (χ4v) is 2.96. The number of primary amides is 1. The van der Waals surface area contributed by atoms with Gasteiger partial charge in [0.15, 0.2) is 0 Å². The van der Waals surface area contributed by atoms with Crippen LogP contribution in [0.15, 0.2) is 48.7 Å². The Morgan fingerprint density at radius 3 is 2.19 bits per heavy atom. The third-order valence-corrected chi connectivity index (χ3v) is 4.41. The van der Waals surface area contributed by atoms with E-state index in [0.29, 0.717) is 6.07 Å². The number of carbonyl (C=O) groups excluding carboxylic acids is 2. The smallest absolute Gasteiger partial charge is 0.433 e. The summed E-state index contributed by atoms with van der Waals surface area (Å²) in [4.78, 5) is 27.4. The summed E-state index contributed by atoms with van der Waals surface area (Å²) in [6, 6.07) is 5.55. The molecule has 0 saturated carbocycles. The third kappa shape index (κ3) is 4.78. The largest absolute Gasteiger partial charge is 0.454 e. The lowest BCUT2D eigenvalue weighted by Gasteiger charge is -2.15. The monoisotopic (exact) mass is 471 g/mol. The van der Waals surface area contributed by atoms with E-state index >= 15 is 0 Å². The summed E-state index contributed by atoms with van der Waals surface area (Å²) in [6.45, 7) is 0. The highest BCUT2D eigenvalue weighted by Crippen LogP contribution is 2.38. The lowest BCUT2D eigenvalue weighted by molar-refractivity contribution is -0.141. The molecule has 0 spiro atoms. The molecule has 0 atom stereocenters. The number of halogens is 6. The minimum atomic E-state index is -4.67. The van der Waals surface area contributed by atoms with E-state index in [-0.39, 0.29) is 17.2 Å². The Balaban J connectivity index is 2.07. The maximum absolute atomic E-state index is 14.1. The minimum absolute atomic E-state index is 0.175. The summed E-state index contributed by atoms with van der Waals surface area (Å²) in [5, 5.41) is 1.63. The molecule has 2 aromatic carbocycles. The van der Waals surface area contributed by atoms with Crippen molar-refractivity contribution in [3.63, 3.8) is 0 Å². The van der Waals surface area contributed by atoms with Crippen LogP contribution in [0, 0.1) is 11.6 Å². The van der Waals surface area contributed by atoms with Crippen molar-refractivity contribution in [2.24, 2.45) is 5.73 Å². The van der Waals surface area contributed by atoms with Crippen LogP contribution < -0.4 is 15.8 Å². The zero-order valence-electron chi connectivity index (χ0n) is 15.6. The molecular weight excluding hydrogens is 461 g/mol. The molecule has 0 bridgehead atoms. The second kappa shape index (κ2) is 8.79. The number of nitrogens with zero attached hydrogens (tertiary/aromatic N) is 1. The predicted octanol–water partition coefficient (Wildman–Crippen LogP) is 5.55. The van der Waals surface area contributed by atoms with Crippen molar-refractivity contribution < 1.29 is 36.3 Å². The molecule has 0 radical (unpaired) electrons. The maximum Gasteiger partial charge on any atom is 0.433 e. The van der Waals surface area contributed by atoms with E-state index in [1.54, 1.807) is 0 Å². The van der Waals surface area contributed by atoms with Crippen molar-refractivity contribution in [3.8, 4) is 11.5 Å². The van der Waals surface area contributed by atoms with Gasteiger partial charge in [0.25, 0.3) is 0 Å². The molecule has 32 heavy (non-hydrogen) atoms. The van der Waals surface area contributed by atoms with E-state index in [4.69, 9.17) is 22.1 Å². The van der Waals surface area contributed by atoms with Gasteiger partial charge in [0.05, 0.1) is 28.0 Å². The molecule has 1 heterocycles. The van der Waals surface area contributed by atoms with Crippen LogP contribution in [0.2, 0.25) is 5.02 Å². The number of benzene rings is 2. The number of alkyl halides is 3. The van der Waals surface area contributed by atoms with Gasteiger partial charge in [0, 0.05) is 0 Å². The molecule has 0 aliphatic carbocycles. The third-order valence-electron chi connectivity index (χ3n) is 4.04. The first-order valence-corrected chi connectivity index (χ1v) is 8.95. The molecule has 0 saturated heterocycles. The number of hydrogen-bond acceptors (Lipinski definition) is 4. The summed E-state index contributed by atoms with van der Waals surface area (Å²) in [5.41, 5.74) is 2.14. The number of ether oxygens (including phenoxy) is 1. The Morgan fingerprint density at radius 1 is 1.00 bits per heavy atom. The highest BCUT2D eigenvalue weighted by molar-refractivity contribution is 6.37. The van der Waals surface area contributed by atoms with Crippen LogP contribution in [-0.4, -0.2) is 16.8 Å². The predicted molar refractivity (Wildman–Crippen MR) is 104 cm³/mol. The number of hydrogen-bond donors (Lipinski definition) is 2. The van der Waals surface area contributed by atoms with E-state index < -0.39 is 51.5 Å². The summed E-state index contributed by atoms with van der Waals surface area (Å²) >= 11 is 6.22. The Hall–Kier alpha value is -3.73. The van der Waals surface area contributed by atoms with E-state index in [9.17, 15) is 31.5 Å². The summed E-state index contributed by atoms with van der Waals surface area (Å²) in [7, 11) is 0. The van der Waals surface area contributed by atoms with Crippen molar-refractivity contribution >= 4 is 29.1 Å². The van der Waals surface area contributed by atoms with Gasteiger partial charge in [0.1, 0.15) is 28.8 Å². The number of nitrogens with two attached hydrogens (primary N) is 1. The van der Waals surface area contributed by atoms with E-state index in [1.165, 1.54) is 6.07 Å². The van der Waals surface area contributed by atoms with Crippen molar-refractivity contribution in [3.05, 3.63) is 82.1 Å². The van der Waals surface area contributed by atoms with Gasteiger partial charge in [-0.05, 0) is 36.4 Å². The second-order valence-electron chi connectivity index (χ2n) is 6.19. The summed E-state index contributed by atoms with van der Waals surface area (Å²) < 4.78 is 71.7. The number of aromatic nitrogens is 1. The SMILES string of the molecule is NC(=O)Nc1ccc(Oc2ccc(C(F)(F)F)nc2)c(Cl)c1C(=O)c1c(F)cccc1F. The van der Waals surface area contributed by atoms with Gasteiger partial charge in [0.2, 0.25) is 5.78 Å². The van der Waals surface area contributed by atoms with Crippen LogP contribution in [0.25, 0.3) is 0 Å². The molecule has 2 amide bonds. The molecule has 166 valence electrons. The van der Waals surface area contributed by atoms with Crippen LogP contribution >= 0.6 is 11.6 Å². The Morgan fingerprint density at radius 2 is 1.66 bits per heavy atom. The average molecular weight is 472 g/mol.